The highest BCUT2D eigenvalue weighted by Crippen LogP contribution is 2.26. The summed E-state index contributed by atoms with van der Waals surface area (Å²) >= 11 is 0. The number of piperidine rings is 1. The van der Waals surface area contributed by atoms with Gasteiger partial charge < -0.3 is 14.7 Å². The fourth-order valence-corrected chi connectivity index (χ4v) is 3.51. The van der Waals surface area contributed by atoms with Crippen molar-refractivity contribution in [1.82, 2.24) is 9.97 Å². The third-order valence-electron chi connectivity index (χ3n) is 5.28. The van der Waals surface area contributed by atoms with Gasteiger partial charge >= 0.3 is 5.97 Å². The fraction of sp³-hybridized carbons (Fsp3) is 0.476. The van der Waals surface area contributed by atoms with Crippen LogP contribution in [-0.2, 0) is 6.42 Å². The first-order valence-electron chi connectivity index (χ1n) is 9.89. The van der Waals surface area contributed by atoms with Gasteiger partial charge in [0.05, 0.1) is 6.61 Å². The minimum absolute atomic E-state index is 0.230. The standard InChI is InChI=1S/C21H25F2N3O3/c1-2-14-12-24-21(25-13-14)26-9-7-15(8-10-26)4-3-11-29-17-6-5-16(22)18(19(17)23)20(27)28/h5-6,12-13,15H,2-4,7-11H2,1H3,(H,27,28). The zero-order valence-electron chi connectivity index (χ0n) is 16.4. The number of anilines is 1. The number of halogens is 2. The molecule has 1 aliphatic rings. The number of aromatic nitrogens is 2. The second kappa shape index (κ2) is 9.62. The lowest BCUT2D eigenvalue weighted by molar-refractivity contribution is 0.0685. The molecule has 0 amide bonds. The number of aryl methyl sites for hydroxylation is 1. The van der Waals surface area contributed by atoms with Crippen LogP contribution in [-0.4, -0.2) is 40.7 Å². The van der Waals surface area contributed by atoms with E-state index in [-0.39, 0.29) is 12.4 Å². The Bertz CT molecular complexity index is 838. The van der Waals surface area contributed by atoms with Gasteiger partial charge in [0.15, 0.2) is 11.6 Å². The van der Waals surface area contributed by atoms with E-state index in [4.69, 9.17) is 9.84 Å². The quantitative estimate of drug-likeness (QED) is 0.667. The summed E-state index contributed by atoms with van der Waals surface area (Å²) in [5.41, 5.74) is 0.140. The minimum Gasteiger partial charge on any atom is -0.490 e. The Morgan fingerprint density at radius 1 is 1.24 bits per heavy atom. The monoisotopic (exact) mass is 405 g/mol. The van der Waals surface area contributed by atoms with Crippen molar-refractivity contribution in [2.24, 2.45) is 5.92 Å². The Morgan fingerprint density at radius 2 is 1.93 bits per heavy atom. The van der Waals surface area contributed by atoms with Gasteiger partial charge in [-0.25, -0.2) is 23.5 Å². The van der Waals surface area contributed by atoms with E-state index in [0.29, 0.717) is 12.3 Å². The molecule has 3 rings (SSSR count). The van der Waals surface area contributed by atoms with E-state index in [2.05, 4.69) is 21.8 Å². The summed E-state index contributed by atoms with van der Waals surface area (Å²) in [5.74, 6) is -2.85. The predicted molar refractivity (Wildman–Crippen MR) is 104 cm³/mol. The molecule has 1 aliphatic heterocycles. The Kier molecular flexibility index (Phi) is 6.95. The van der Waals surface area contributed by atoms with Crippen LogP contribution in [0.1, 0.15) is 48.5 Å². The van der Waals surface area contributed by atoms with Crippen molar-refractivity contribution in [2.45, 2.75) is 39.0 Å². The third kappa shape index (κ3) is 5.19. The molecule has 1 aromatic carbocycles. The largest absolute Gasteiger partial charge is 0.490 e. The molecule has 8 heteroatoms. The molecule has 1 saturated heterocycles. The van der Waals surface area contributed by atoms with E-state index < -0.39 is 23.2 Å². The van der Waals surface area contributed by atoms with Gasteiger partial charge in [0, 0.05) is 25.5 Å². The highest BCUT2D eigenvalue weighted by atomic mass is 19.1. The molecule has 2 heterocycles. The topological polar surface area (TPSA) is 75.6 Å². The van der Waals surface area contributed by atoms with Crippen LogP contribution in [0.5, 0.6) is 5.75 Å². The van der Waals surface area contributed by atoms with Crippen LogP contribution in [0.25, 0.3) is 0 Å². The summed E-state index contributed by atoms with van der Waals surface area (Å²) in [6, 6.07) is 2.03. The molecular weight excluding hydrogens is 380 g/mol. The van der Waals surface area contributed by atoms with Crippen molar-refractivity contribution < 1.29 is 23.4 Å². The molecule has 156 valence electrons. The molecule has 0 bridgehead atoms. The highest BCUT2D eigenvalue weighted by molar-refractivity contribution is 5.88. The van der Waals surface area contributed by atoms with Gasteiger partial charge in [-0.15, -0.1) is 0 Å². The summed E-state index contributed by atoms with van der Waals surface area (Å²) in [5, 5.41) is 8.89. The van der Waals surface area contributed by atoms with Crippen LogP contribution in [0.15, 0.2) is 24.5 Å². The van der Waals surface area contributed by atoms with E-state index in [1.807, 2.05) is 12.4 Å². The number of ether oxygens (including phenoxy) is 1. The van der Waals surface area contributed by atoms with Crippen LogP contribution in [0, 0.1) is 17.6 Å². The van der Waals surface area contributed by atoms with E-state index in [9.17, 15) is 13.6 Å². The number of rotatable bonds is 8. The van der Waals surface area contributed by atoms with Gasteiger partial charge in [-0.1, -0.05) is 6.92 Å². The number of aromatic carboxylic acids is 1. The van der Waals surface area contributed by atoms with Crippen LogP contribution >= 0.6 is 0 Å². The van der Waals surface area contributed by atoms with E-state index in [0.717, 1.165) is 62.4 Å². The van der Waals surface area contributed by atoms with Gasteiger partial charge in [0.2, 0.25) is 5.95 Å². The van der Waals surface area contributed by atoms with Crippen molar-refractivity contribution >= 4 is 11.9 Å². The zero-order valence-corrected chi connectivity index (χ0v) is 16.4. The first-order valence-corrected chi connectivity index (χ1v) is 9.89. The van der Waals surface area contributed by atoms with Gasteiger partial charge in [-0.2, -0.15) is 0 Å². The first-order chi connectivity index (χ1) is 14.0. The molecule has 0 aliphatic carbocycles. The number of benzene rings is 1. The Labute approximate surface area is 168 Å². The fourth-order valence-electron chi connectivity index (χ4n) is 3.51. The predicted octanol–water partition coefficient (Wildman–Crippen LogP) is 4.09. The summed E-state index contributed by atoms with van der Waals surface area (Å²) < 4.78 is 32.8. The Morgan fingerprint density at radius 3 is 2.55 bits per heavy atom. The maximum Gasteiger partial charge on any atom is 0.341 e. The molecule has 29 heavy (non-hydrogen) atoms. The van der Waals surface area contributed by atoms with Crippen LogP contribution in [0.3, 0.4) is 0 Å². The molecular formula is C21H25F2N3O3. The van der Waals surface area contributed by atoms with Crippen molar-refractivity contribution in [3.05, 3.63) is 47.3 Å². The zero-order chi connectivity index (χ0) is 20.8. The lowest BCUT2D eigenvalue weighted by atomic mass is 9.92. The summed E-state index contributed by atoms with van der Waals surface area (Å²) in [6.45, 7) is 4.11. The van der Waals surface area contributed by atoms with E-state index in [1.165, 1.54) is 0 Å². The molecule has 2 aromatic rings. The van der Waals surface area contributed by atoms with Gasteiger partial charge in [0.25, 0.3) is 0 Å². The summed E-state index contributed by atoms with van der Waals surface area (Å²) in [6.07, 6.45) is 8.35. The SMILES string of the molecule is CCc1cnc(N2CCC(CCCOc3ccc(F)c(C(=O)O)c3F)CC2)nc1. The van der Waals surface area contributed by atoms with Crippen molar-refractivity contribution in [3.63, 3.8) is 0 Å². The summed E-state index contributed by atoms with van der Waals surface area (Å²) in [4.78, 5) is 22.0. The molecule has 0 atom stereocenters. The molecule has 0 radical (unpaired) electrons. The minimum atomic E-state index is -1.65. The first kappa shape index (κ1) is 21.0. The highest BCUT2D eigenvalue weighted by Gasteiger charge is 2.22. The molecule has 1 N–H and O–H groups in total. The number of hydrogen-bond donors (Lipinski definition) is 1. The maximum atomic E-state index is 14.1. The van der Waals surface area contributed by atoms with E-state index in [1.54, 1.807) is 0 Å². The van der Waals surface area contributed by atoms with Gasteiger partial charge in [0.1, 0.15) is 11.4 Å². The van der Waals surface area contributed by atoms with Crippen molar-refractivity contribution in [2.75, 3.05) is 24.6 Å². The van der Waals surface area contributed by atoms with Gasteiger partial charge in [-0.05, 0) is 55.7 Å². The Balaban J connectivity index is 1.42. The molecule has 1 aromatic heterocycles. The average Bonchev–Trinajstić information content (AvgIpc) is 2.73. The van der Waals surface area contributed by atoms with Crippen molar-refractivity contribution in [1.29, 1.82) is 0 Å². The Hall–Kier alpha value is -2.77. The molecule has 0 unspecified atom stereocenters. The number of carboxylic acid groups (broad SMARTS) is 1. The maximum absolute atomic E-state index is 14.1. The second-order valence-electron chi connectivity index (χ2n) is 7.21. The number of nitrogens with zero attached hydrogens (tertiary/aromatic N) is 3. The molecule has 6 nitrogen and oxygen atoms in total. The van der Waals surface area contributed by atoms with Crippen molar-refractivity contribution in [3.8, 4) is 5.75 Å². The second-order valence-corrected chi connectivity index (χ2v) is 7.21. The number of hydrogen-bond acceptors (Lipinski definition) is 5. The van der Waals surface area contributed by atoms with Crippen LogP contribution < -0.4 is 9.64 Å². The number of carbonyl (C=O) groups is 1. The number of carboxylic acids is 1. The third-order valence-corrected chi connectivity index (χ3v) is 5.28. The molecule has 1 fully saturated rings. The average molecular weight is 405 g/mol. The lowest BCUT2D eigenvalue weighted by Gasteiger charge is -2.32. The lowest BCUT2D eigenvalue weighted by Crippen LogP contribution is -2.35. The normalized spacial score (nSPS) is 14.8. The molecule has 0 saturated carbocycles. The van der Waals surface area contributed by atoms with E-state index >= 15 is 0 Å². The van der Waals surface area contributed by atoms with Crippen LogP contribution in [0.2, 0.25) is 0 Å². The van der Waals surface area contributed by atoms with Crippen LogP contribution in [0.4, 0.5) is 14.7 Å². The smallest absolute Gasteiger partial charge is 0.341 e. The summed E-state index contributed by atoms with van der Waals surface area (Å²) in [7, 11) is 0. The molecule has 0 spiro atoms. The van der Waals surface area contributed by atoms with Gasteiger partial charge in [-0.3, -0.25) is 0 Å².